The van der Waals surface area contributed by atoms with Gasteiger partial charge in [-0.3, -0.25) is 0 Å². The highest BCUT2D eigenvalue weighted by molar-refractivity contribution is 6.10. The first-order chi connectivity index (χ1) is 20.8. The summed E-state index contributed by atoms with van der Waals surface area (Å²) >= 11 is 0. The zero-order valence-electron chi connectivity index (χ0n) is 23.0. The summed E-state index contributed by atoms with van der Waals surface area (Å²) in [6.45, 7) is 0. The molecule has 2 aromatic heterocycles. The molecule has 0 N–H and O–H groups in total. The van der Waals surface area contributed by atoms with Crippen molar-refractivity contribution in [1.29, 1.82) is 0 Å². The smallest absolute Gasteiger partial charge is 0.164 e. The van der Waals surface area contributed by atoms with Gasteiger partial charge in [0.2, 0.25) is 0 Å². The van der Waals surface area contributed by atoms with Gasteiger partial charge in [-0.15, -0.1) is 0 Å². The van der Waals surface area contributed by atoms with Crippen molar-refractivity contribution in [2.75, 3.05) is 0 Å². The van der Waals surface area contributed by atoms with Crippen LogP contribution >= 0.6 is 0 Å². The van der Waals surface area contributed by atoms with Crippen LogP contribution in [-0.2, 0) is 0 Å². The summed E-state index contributed by atoms with van der Waals surface area (Å²) in [6, 6.07) is 27.5. The molecule has 0 atom stereocenters. The van der Waals surface area contributed by atoms with E-state index in [0.29, 0.717) is 11.6 Å². The molecule has 0 saturated heterocycles. The molecular formula is C38H27N3O. The van der Waals surface area contributed by atoms with Crippen molar-refractivity contribution in [3.8, 4) is 22.8 Å². The number of aromatic nitrogens is 3. The Balaban J connectivity index is 1.27. The number of hydrogen-bond acceptors (Lipinski definition) is 4. The van der Waals surface area contributed by atoms with E-state index in [9.17, 15) is 0 Å². The van der Waals surface area contributed by atoms with Gasteiger partial charge in [0.15, 0.2) is 17.5 Å². The molecule has 4 aromatic carbocycles. The summed E-state index contributed by atoms with van der Waals surface area (Å²) in [4.78, 5) is 15.0. The Kier molecular flexibility index (Phi) is 5.96. The van der Waals surface area contributed by atoms with Gasteiger partial charge in [0.05, 0.1) is 0 Å². The zero-order chi connectivity index (χ0) is 27.9. The van der Waals surface area contributed by atoms with Crippen molar-refractivity contribution in [2.45, 2.75) is 19.3 Å². The van der Waals surface area contributed by atoms with Crippen LogP contribution in [0.5, 0.6) is 0 Å². The van der Waals surface area contributed by atoms with Gasteiger partial charge < -0.3 is 4.42 Å². The summed E-state index contributed by atoms with van der Waals surface area (Å²) in [6.07, 6.45) is 19.7. The number of hydrogen-bond donors (Lipinski definition) is 0. The Labute approximate surface area is 243 Å². The van der Waals surface area contributed by atoms with E-state index in [1.807, 2.05) is 0 Å². The van der Waals surface area contributed by atoms with Crippen molar-refractivity contribution in [3.63, 3.8) is 0 Å². The Morgan fingerprint density at radius 2 is 1.29 bits per heavy atom. The highest BCUT2D eigenvalue weighted by atomic mass is 16.3. The molecule has 200 valence electrons. The fourth-order valence-electron chi connectivity index (χ4n) is 5.82. The summed E-state index contributed by atoms with van der Waals surface area (Å²) in [5.41, 5.74) is 7.13. The van der Waals surface area contributed by atoms with E-state index in [2.05, 4.69) is 127 Å². The average Bonchev–Trinajstić information content (AvgIpc) is 3.19. The Morgan fingerprint density at radius 1 is 0.524 bits per heavy atom. The molecule has 42 heavy (non-hydrogen) atoms. The Hall–Kier alpha value is -5.35. The minimum absolute atomic E-state index is 0.642. The number of furan rings is 1. The van der Waals surface area contributed by atoms with E-state index in [1.165, 1.54) is 21.9 Å². The third kappa shape index (κ3) is 4.47. The third-order valence-electron chi connectivity index (χ3n) is 8.02. The fraction of sp³-hybridized carbons (Fsp3) is 0.0789. The predicted octanol–water partition coefficient (Wildman–Crippen LogP) is 9.89. The van der Waals surface area contributed by atoms with Gasteiger partial charge >= 0.3 is 0 Å². The lowest BCUT2D eigenvalue weighted by Crippen LogP contribution is -2.04. The molecule has 4 nitrogen and oxygen atoms in total. The third-order valence-corrected chi connectivity index (χ3v) is 8.02. The van der Waals surface area contributed by atoms with E-state index in [4.69, 9.17) is 19.4 Å². The van der Waals surface area contributed by atoms with Crippen LogP contribution in [-0.4, -0.2) is 15.0 Å². The fourth-order valence-corrected chi connectivity index (χ4v) is 5.82. The van der Waals surface area contributed by atoms with Crippen LogP contribution in [0.15, 0.2) is 132 Å². The average molecular weight is 542 g/mol. The van der Waals surface area contributed by atoms with Gasteiger partial charge in [0.25, 0.3) is 0 Å². The van der Waals surface area contributed by atoms with Crippen molar-refractivity contribution in [1.82, 2.24) is 15.0 Å². The van der Waals surface area contributed by atoms with Gasteiger partial charge in [0, 0.05) is 21.9 Å². The molecule has 0 aliphatic heterocycles. The largest absolute Gasteiger partial charge is 0.456 e. The monoisotopic (exact) mass is 541 g/mol. The predicted molar refractivity (Wildman–Crippen MR) is 173 cm³/mol. The first-order valence-corrected chi connectivity index (χ1v) is 14.4. The van der Waals surface area contributed by atoms with Crippen molar-refractivity contribution in [2.24, 2.45) is 0 Å². The van der Waals surface area contributed by atoms with Gasteiger partial charge in [-0.2, -0.15) is 0 Å². The molecule has 0 saturated carbocycles. The lowest BCUT2D eigenvalue weighted by Gasteiger charge is -2.12. The molecule has 0 radical (unpaired) electrons. The summed E-state index contributed by atoms with van der Waals surface area (Å²) in [5.74, 6) is 2.03. The normalized spacial score (nSPS) is 14.9. The SMILES string of the molecule is C1=CC=C(c2cccc(-c3nc(C4=CC=CCC4)nc(-c4ccc5c(c4)oc4cc6ccccc6cc45)n3)c2)CC=C1. The molecule has 2 heterocycles. The maximum atomic E-state index is 6.37. The van der Waals surface area contributed by atoms with E-state index in [-0.39, 0.29) is 0 Å². The Bertz CT molecular complexity index is 2170. The van der Waals surface area contributed by atoms with Crippen LogP contribution in [0.3, 0.4) is 0 Å². The number of fused-ring (bicyclic) bond motifs is 4. The lowest BCUT2D eigenvalue weighted by molar-refractivity contribution is 0.669. The second kappa shape index (κ2) is 10.2. The number of benzene rings is 4. The molecule has 0 amide bonds. The topological polar surface area (TPSA) is 51.8 Å². The highest BCUT2D eigenvalue weighted by Crippen LogP contribution is 2.35. The molecule has 4 heteroatoms. The standard InChI is InChI=1S/C38H27N3O/c1-2-5-12-25(11-4-1)27-17-10-18-30(21-27)37-39-36(26-13-6-3-7-14-26)40-38(41-37)31-19-20-32-33-22-28-15-8-9-16-29(28)23-35(33)42-34(32)24-31/h1-6,8-11,13,15-24H,7,12,14H2. The minimum atomic E-state index is 0.642. The van der Waals surface area contributed by atoms with Crippen LogP contribution in [0.2, 0.25) is 0 Å². The second-order valence-electron chi connectivity index (χ2n) is 10.8. The lowest BCUT2D eigenvalue weighted by atomic mass is 10.00. The van der Waals surface area contributed by atoms with Crippen molar-refractivity contribution in [3.05, 3.63) is 139 Å². The minimum Gasteiger partial charge on any atom is -0.456 e. The molecule has 6 aromatic rings. The first kappa shape index (κ1) is 24.4. The number of allylic oxidation sites excluding steroid dienone is 10. The molecular weight excluding hydrogens is 514 g/mol. The first-order valence-electron chi connectivity index (χ1n) is 14.4. The van der Waals surface area contributed by atoms with E-state index in [1.54, 1.807) is 0 Å². The molecule has 2 aliphatic rings. The van der Waals surface area contributed by atoms with Crippen LogP contribution < -0.4 is 0 Å². The van der Waals surface area contributed by atoms with Crippen LogP contribution in [0, 0.1) is 0 Å². The van der Waals surface area contributed by atoms with Crippen molar-refractivity contribution >= 4 is 43.9 Å². The van der Waals surface area contributed by atoms with Crippen LogP contribution in [0.4, 0.5) is 0 Å². The molecule has 2 aliphatic carbocycles. The molecule has 0 fully saturated rings. The number of rotatable bonds is 4. The molecule has 0 bridgehead atoms. The summed E-state index contributed by atoms with van der Waals surface area (Å²) in [7, 11) is 0. The van der Waals surface area contributed by atoms with Crippen LogP contribution in [0.25, 0.3) is 66.6 Å². The quantitative estimate of drug-likeness (QED) is 0.223. The maximum Gasteiger partial charge on any atom is 0.164 e. The molecule has 8 rings (SSSR count). The van der Waals surface area contributed by atoms with E-state index in [0.717, 1.165) is 63.7 Å². The Morgan fingerprint density at radius 3 is 2.14 bits per heavy atom. The van der Waals surface area contributed by atoms with Gasteiger partial charge in [-0.1, -0.05) is 97.1 Å². The van der Waals surface area contributed by atoms with Crippen molar-refractivity contribution < 1.29 is 4.42 Å². The summed E-state index contributed by atoms with van der Waals surface area (Å²) in [5, 5.41) is 4.56. The molecule has 0 spiro atoms. The highest BCUT2D eigenvalue weighted by Gasteiger charge is 2.17. The van der Waals surface area contributed by atoms with Gasteiger partial charge in [-0.05, 0) is 77.1 Å². The summed E-state index contributed by atoms with van der Waals surface area (Å²) < 4.78 is 6.37. The second-order valence-corrected chi connectivity index (χ2v) is 10.8. The molecule has 0 unspecified atom stereocenters. The van der Waals surface area contributed by atoms with Gasteiger partial charge in [-0.25, -0.2) is 15.0 Å². The van der Waals surface area contributed by atoms with Gasteiger partial charge in [0.1, 0.15) is 11.2 Å². The van der Waals surface area contributed by atoms with Crippen LogP contribution in [0.1, 0.15) is 30.7 Å². The van der Waals surface area contributed by atoms with E-state index >= 15 is 0 Å². The number of nitrogens with zero attached hydrogens (tertiary/aromatic N) is 3. The van der Waals surface area contributed by atoms with E-state index < -0.39 is 0 Å². The maximum absolute atomic E-state index is 6.37. The zero-order valence-corrected chi connectivity index (χ0v) is 23.0.